The van der Waals surface area contributed by atoms with Gasteiger partial charge in [-0.3, -0.25) is 14.8 Å². The van der Waals surface area contributed by atoms with Crippen LogP contribution in [0.4, 0.5) is 0 Å². The monoisotopic (exact) mass is 336 g/mol. The summed E-state index contributed by atoms with van der Waals surface area (Å²) in [4.78, 5) is 25.0. The number of hydrogen-bond donors (Lipinski definition) is 2. The van der Waals surface area contributed by atoms with E-state index in [1.54, 1.807) is 12.1 Å². The Kier molecular flexibility index (Phi) is 6.33. The maximum atomic E-state index is 12.5. The molecule has 2 amide bonds. The molecule has 128 valence electrons. The van der Waals surface area contributed by atoms with E-state index in [1.165, 1.54) is 15.9 Å². The number of nitrogens with zero attached hydrogens (tertiary/aromatic N) is 1. The lowest BCUT2D eigenvalue weighted by Crippen LogP contribution is -2.40. The number of hydroxylamine groups is 1. The van der Waals surface area contributed by atoms with Crippen molar-refractivity contribution < 1.29 is 14.8 Å². The van der Waals surface area contributed by atoms with Gasteiger partial charge in [0.2, 0.25) is 0 Å². The lowest BCUT2D eigenvalue weighted by molar-refractivity contribution is -0.129. The van der Waals surface area contributed by atoms with Gasteiger partial charge in [-0.1, -0.05) is 49.2 Å². The molecule has 0 unspecified atom stereocenters. The lowest BCUT2D eigenvalue weighted by Gasteiger charge is -2.19. The van der Waals surface area contributed by atoms with Crippen molar-refractivity contribution in [1.82, 2.24) is 10.4 Å². The number of rotatable bonds is 6. The molecule has 2 N–H and O–H groups in total. The van der Waals surface area contributed by atoms with Crippen molar-refractivity contribution in [2.24, 2.45) is 0 Å². The molecule has 0 bridgehead atoms. The van der Waals surface area contributed by atoms with E-state index in [-0.39, 0.29) is 19.0 Å². The third kappa shape index (κ3) is 4.69. The zero-order valence-electron chi connectivity index (χ0n) is 14.0. The van der Waals surface area contributed by atoms with Crippen LogP contribution in [0.1, 0.15) is 22.8 Å². The minimum Gasteiger partial charge on any atom is -0.318 e. The topological polar surface area (TPSA) is 69.6 Å². The van der Waals surface area contributed by atoms with Crippen LogP contribution in [0.3, 0.4) is 0 Å². The quantitative estimate of drug-likeness (QED) is 0.484. The van der Waals surface area contributed by atoms with Crippen molar-refractivity contribution in [2.45, 2.75) is 13.3 Å². The third-order valence-corrected chi connectivity index (χ3v) is 3.86. The number of amides is 2. The van der Waals surface area contributed by atoms with Gasteiger partial charge in [-0.15, -0.1) is 6.42 Å². The van der Waals surface area contributed by atoms with E-state index >= 15 is 0 Å². The summed E-state index contributed by atoms with van der Waals surface area (Å²) >= 11 is 0. The highest BCUT2D eigenvalue weighted by Crippen LogP contribution is 2.21. The molecule has 0 spiro atoms. The number of aryl methyl sites for hydroxylation is 1. The van der Waals surface area contributed by atoms with Crippen LogP contribution in [0.2, 0.25) is 0 Å². The standard InChI is InChI=1S/C20H20N2O3/c1-3-13-22(14-19(23)21-25)20(24)18-11-9-17(10-12-18)16-7-5-15(4-2)6-8-16/h1,5-12,25H,4,13-14H2,2H3,(H,21,23). The molecular formula is C20H20N2O3. The highest BCUT2D eigenvalue weighted by Gasteiger charge is 2.17. The van der Waals surface area contributed by atoms with E-state index in [4.69, 9.17) is 11.6 Å². The first kappa shape index (κ1) is 18.2. The van der Waals surface area contributed by atoms with Gasteiger partial charge in [-0.2, -0.15) is 0 Å². The highest BCUT2D eigenvalue weighted by atomic mass is 16.5. The second kappa shape index (κ2) is 8.67. The summed E-state index contributed by atoms with van der Waals surface area (Å²) in [6.45, 7) is 1.78. The number of benzene rings is 2. The van der Waals surface area contributed by atoms with Crippen LogP contribution >= 0.6 is 0 Å². The van der Waals surface area contributed by atoms with Crippen molar-refractivity contribution in [1.29, 1.82) is 0 Å². The van der Waals surface area contributed by atoms with Gasteiger partial charge < -0.3 is 4.90 Å². The molecule has 2 aromatic rings. The summed E-state index contributed by atoms with van der Waals surface area (Å²) in [5.74, 6) is 1.28. The smallest absolute Gasteiger partial charge is 0.262 e. The molecule has 25 heavy (non-hydrogen) atoms. The predicted octanol–water partition coefficient (Wildman–Crippen LogP) is 2.50. The maximum absolute atomic E-state index is 12.5. The number of terminal acetylenes is 1. The molecule has 5 heteroatoms. The Bertz CT molecular complexity index is 774. The zero-order chi connectivity index (χ0) is 18.2. The molecule has 2 aromatic carbocycles. The van der Waals surface area contributed by atoms with E-state index in [0.717, 1.165) is 17.5 Å². The molecule has 0 aliphatic rings. The molecule has 0 atom stereocenters. The first-order chi connectivity index (χ1) is 12.1. The summed E-state index contributed by atoms with van der Waals surface area (Å²) in [5.41, 5.74) is 5.25. The third-order valence-electron chi connectivity index (χ3n) is 3.86. The Hall–Kier alpha value is -3.10. The molecule has 0 saturated carbocycles. The number of nitrogens with one attached hydrogen (secondary N) is 1. The van der Waals surface area contributed by atoms with Crippen LogP contribution in [-0.4, -0.2) is 35.0 Å². The minimum absolute atomic E-state index is 0.0213. The molecule has 5 nitrogen and oxygen atoms in total. The van der Waals surface area contributed by atoms with Crippen LogP contribution < -0.4 is 5.48 Å². The number of hydrogen-bond acceptors (Lipinski definition) is 3. The largest absolute Gasteiger partial charge is 0.318 e. The SMILES string of the molecule is C#CCN(CC(=O)NO)C(=O)c1ccc(-c2ccc(CC)cc2)cc1. The van der Waals surface area contributed by atoms with Gasteiger partial charge in [0, 0.05) is 5.56 Å². The molecule has 0 saturated heterocycles. The van der Waals surface area contributed by atoms with Gasteiger partial charge in [-0.25, -0.2) is 5.48 Å². The van der Waals surface area contributed by atoms with E-state index in [1.807, 2.05) is 24.3 Å². The van der Waals surface area contributed by atoms with Gasteiger partial charge in [-0.05, 0) is 35.2 Å². The van der Waals surface area contributed by atoms with E-state index in [2.05, 4.69) is 25.0 Å². The van der Waals surface area contributed by atoms with E-state index < -0.39 is 5.91 Å². The van der Waals surface area contributed by atoms with Crippen LogP contribution in [0.15, 0.2) is 48.5 Å². The van der Waals surface area contributed by atoms with E-state index in [0.29, 0.717) is 5.56 Å². The van der Waals surface area contributed by atoms with Gasteiger partial charge >= 0.3 is 0 Å². The predicted molar refractivity (Wildman–Crippen MR) is 95.9 cm³/mol. The van der Waals surface area contributed by atoms with E-state index in [9.17, 15) is 9.59 Å². The minimum atomic E-state index is -0.698. The zero-order valence-corrected chi connectivity index (χ0v) is 14.0. The van der Waals surface area contributed by atoms with Gasteiger partial charge in [0.05, 0.1) is 6.54 Å². The van der Waals surface area contributed by atoms with Crippen molar-refractivity contribution in [3.63, 3.8) is 0 Å². The second-order valence-corrected chi connectivity index (χ2v) is 5.53. The van der Waals surface area contributed by atoms with Crippen molar-refractivity contribution in [3.8, 4) is 23.5 Å². The average molecular weight is 336 g/mol. The van der Waals surface area contributed by atoms with Crippen molar-refractivity contribution in [3.05, 3.63) is 59.7 Å². The first-order valence-corrected chi connectivity index (χ1v) is 7.94. The van der Waals surface area contributed by atoms with Crippen LogP contribution in [-0.2, 0) is 11.2 Å². The Morgan fingerprint density at radius 1 is 1.08 bits per heavy atom. The van der Waals surface area contributed by atoms with Crippen molar-refractivity contribution >= 4 is 11.8 Å². The Morgan fingerprint density at radius 3 is 2.12 bits per heavy atom. The fourth-order valence-electron chi connectivity index (χ4n) is 2.44. The number of carbonyl (C=O) groups excluding carboxylic acids is 2. The molecule has 0 heterocycles. The summed E-state index contributed by atoms with van der Waals surface area (Å²) in [6.07, 6.45) is 6.23. The highest BCUT2D eigenvalue weighted by molar-refractivity contribution is 5.97. The molecule has 2 rings (SSSR count). The summed E-state index contributed by atoms with van der Waals surface area (Å²) in [6, 6.07) is 15.4. The van der Waals surface area contributed by atoms with Crippen LogP contribution in [0.25, 0.3) is 11.1 Å². The van der Waals surface area contributed by atoms with Crippen molar-refractivity contribution in [2.75, 3.05) is 13.1 Å². The van der Waals surface area contributed by atoms with Gasteiger partial charge in [0.15, 0.2) is 0 Å². The fraction of sp³-hybridized carbons (Fsp3) is 0.200. The fourth-order valence-corrected chi connectivity index (χ4v) is 2.44. The second-order valence-electron chi connectivity index (χ2n) is 5.53. The summed E-state index contributed by atoms with van der Waals surface area (Å²) in [7, 11) is 0. The lowest BCUT2D eigenvalue weighted by atomic mass is 10.0. The molecule has 0 aromatic heterocycles. The normalized spacial score (nSPS) is 9.96. The number of carbonyl (C=O) groups is 2. The first-order valence-electron chi connectivity index (χ1n) is 7.94. The molecule has 0 fully saturated rings. The molecule has 0 radical (unpaired) electrons. The summed E-state index contributed by atoms with van der Waals surface area (Å²) < 4.78 is 0. The molecule has 0 aliphatic carbocycles. The van der Waals surface area contributed by atoms with Gasteiger partial charge in [0.1, 0.15) is 6.54 Å². The molecule has 0 aliphatic heterocycles. The Balaban J connectivity index is 2.17. The maximum Gasteiger partial charge on any atom is 0.262 e. The average Bonchev–Trinajstić information content (AvgIpc) is 2.67. The summed E-state index contributed by atoms with van der Waals surface area (Å²) in [5, 5.41) is 8.61. The Labute approximate surface area is 147 Å². The van der Waals surface area contributed by atoms with Gasteiger partial charge in [0.25, 0.3) is 11.8 Å². The van der Waals surface area contributed by atoms with Crippen LogP contribution in [0.5, 0.6) is 0 Å². The molecular weight excluding hydrogens is 316 g/mol. The van der Waals surface area contributed by atoms with Crippen LogP contribution in [0, 0.1) is 12.3 Å². The Morgan fingerprint density at radius 2 is 1.64 bits per heavy atom.